The molecule has 34 heavy (non-hydrogen) atoms. The van der Waals surface area contributed by atoms with Crippen molar-refractivity contribution in [1.82, 2.24) is 29.3 Å². The lowest BCUT2D eigenvalue weighted by Crippen LogP contribution is -2.26. The van der Waals surface area contributed by atoms with Crippen LogP contribution in [-0.4, -0.2) is 51.3 Å². The van der Waals surface area contributed by atoms with Crippen LogP contribution in [0.15, 0.2) is 24.8 Å². The number of sulfonamides is 1. The Labute approximate surface area is 196 Å². The molecule has 1 amide bonds. The van der Waals surface area contributed by atoms with Crippen LogP contribution in [0.2, 0.25) is 5.02 Å². The van der Waals surface area contributed by atoms with E-state index in [9.17, 15) is 17.6 Å². The van der Waals surface area contributed by atoms with Gasteiger partial charge >= 0.3 is 0 Å². The number of nitrogens with zero attached hydrogens (tertiary/aromatic N) is 4. The molecule has 0 radical (unpaired) electrons. The summed E-state index contributed by atoms with van der Waals surface area (Å²) in [6.45, 7) is 1.49. The van der Waals surface area contributed by atoms with E-state index in [0.29, 0.717) is 16.7 Å². The number of aromatic nitrogens is 5. The van der Waals surface area contributed by atoms with Crippen LogP contribution in [0.4, 0.5) is 14.6 Å². The highest BCUT2D eigenvalue weighted by atomic mass is 35.5. The van der Waals surface area contributed by atoms with Crippen molar-refractivity contribution in [3.8, 4) is 11.3 Å². The van der Waals surface area contributed by atoms with Crippen molar-refractivity contribution in [2.75, 3.05) is 11.6 Å². The van der Waals surface area contributed by atoms with E-state index in [2.05, 4.69) is 30.2 Å². The minimum Gasteiger partial charge on any atom is -0.309 e. The lowest BCUT2D eigenvalue weighted by Gasteiger charge is -2.17. The van der Waals surface area contributed by atoms with Crippen molar-refractivity contribution in [3.63, 3.8) is 0 Å². The maximum Gasteiger partial charge on any atom is 0.231 e. The summed E-state index contributed by atoms with van der Waals surface area (Å²) in [5, 5.41) is 9.44. The zero-order chi connectivity index (χ0) is 24.4. The molecule has 178 valence electrons. The molecule has 0 aliphatic heterocycles. The van der Waals surface area contributed by atoms with E-state index >= 15 is 4.39 Å². The molecule has 14 heteroatoms. The topological polar surface area (TPSA) is 134 Å². The molecule has 3 atom stereocenters. The first-order valence-corrected chi connectivity index (χ1v) is 12.4. The zero-order valence-corrected chi connectivity index (χ0v) is 19.4. The Balaban J connectivity index is 1.57. The van der Waals surface area contributed by atoms with Crippen LogP contribution in [0, 0.1) is 11.7 Å². The van der Waals surface area contributed by atoms with E-state index in [4.69, 9.17) is 11.6 Å². The molecule has 1 aromatic carbocycles. The maximum atomic E-state index is 15.4. The van der Waals surface area contributed by atoms with Gasteiger partial charge in [0.25, 0.3) is 0 Å². The summed E-state index contributed by atoms with van der Waals surface area (Å²) >= 11 is 6.41. The number of benzene rings is 1. The number of aromatic amines is 1. The van der Waals surface area contributed by atoms with Crippen LogP contribution < -0.4 is 10.0 Å². The van der Waals surface area contributed by atoms with Gasteiger partial charge in [-0.15, -0.1) is 0 Å². The predicted molar refractivity (Wildman–Crippen MR) is 121 cm³/mol. The molecule has 1 aliphatic rings. The number of carbonyl (C=O) groups excluding carboxylic acids is 1. The molecule has 1 fully saturated rings. The highest BCUT2D eigenvalue weighted by Crippen LogP contribution is 2.40. The molecule has 0 saturated heterocycles. The molecule has 1 saturated carbocycles. The summed E-state index contributed by atoms with van der Waals surface area (Å²) in [6.07, 6.45) is 5.99. The number of halogens is 3. The molecule has 0 bridgehead atoms. The van der Waals surface area contributed by atoms with Crippen LogP contribution in [0.5, 0.6) is 0 Å². The summed E-state index contributed by atoms with van der Waals surface area (Å²) in [5.41, 5.74) is 1.23. The number of fused-ring (bicyclic) bond motifs is 2. The number of anilines is 1. The smallest absolute Gasteiger partial charge is 0.231 e. The van der Waals surface area contributed by atoms with Crippen molar-refractivity contribution in [3.05, 3.63) is 41.2 Å². The lowest BCUT2D eigenvalue weighted by atomic mass is 9.99. The summed E-state index contributed by atoms with van der Waals surface area (Å²) < 4.78 is 55.8. The van der Waals surface area contributed by atoms with Gasteiger partial charge in [-0.2, -0.15) is 5.10 Å². The molecular weight excluding hydrogens is 492 g/mol. The Morgan fingerprint density at radius 1 is 1.35 bits per heavy atom. The summed E-state index contributed by atoms with van der Waals surface area (Å²) in [6, 6.07) is -0.921. The van der Waals surface area contributed by atoms with Gasteiger partial charge in [0.1, 0.15) is 12.0 Å². The molecule has 3 N–H and O–H groups in total. The molecule has 3 aromatic heterocycles. The monoisotopic (exact) mass is 509 g/mol. The van der Waals surface area contributed by atoms with E-state index in [1.165, 1.54) is 25.5 Å². The molecule has 5 rings (SSSR count). The van der Waals surface area contributed by atoms with Gasteiger partial charge in [0.15, 0.2) is 11.5 Å². The normalized spacial score (nSPS) is 19.0. The number of imidazole rings is 1. The van der Waals surface area contributed by atoms with Crippen LogP contribution in [0.25, 0.3) is 27.8 Å². The number of hydrogen-bond donors (Lipinski definition) is 3. The third kappa shape index (κ3) is 3.99. The highest BCUT2D eigenvalue weighted by Gasteiger charge is 2.43. The van der Waals surface area contributed by atoms with Gasteiger partial charge in [-0.25, -0.2) is 26.9 Å². The fraction of sp³-hybridized carbons (Fsp3) is 0.300. The fourth-order valence-electron chi connectivity index (χ4n) is 3.92. The molecule has 0 spiro atoms. The Hall–Kier alpha value is -3.16. The van der Waals surface area contributed by atoms with Crippen molar-refractivity contribution >= 4 is 49.9 Å². The largest absolute Gasteiger partial charge is 0.309 e. The predicted octanol–water partition coefficient (Wildman–Crippen LogP) is 2.97. The SMILES string of the molecule is CC(NS(C)(=O)=O)c1c(F)c(Cl)c(-c2cn3cc(NC(=O)C4CC4F)nc3cn2)c2cn[nH]c12. The fourth-order valence-corrected chi connectivity index (χ4v) is 4.98. The van der Waals surface area contributed by atoms with E-state index in [1.807, 2.05) is 0 Å². The average Bonchev–Trinajstić information content (AvgIpc) is 3.12. The number of alkyl halides is 1. The highest BCUT2D eigenvalue weighted by molar-refractivity contribution is 7.88. The van der Waals surface area contributed by atoms with Gasteiger partial charge in [0.2, 0.25) is 15.9 Å². The molecular formula is C20H18ClF2N7O3S. The quantitative estimate of drug-likeness (QED) is 0.366. The van der Waals surface area contributed by atoms with Crippen LogP contribution in [-0.2, 0) is 14.8 Å². The van der Waals surface area contributed by atoms with E-state index in [-0.39, 0.29) is 33.9 Å². The Kier molecular flexibility index (Phi) is 5.30. The molecule has 10 nitrogen and oxygen atoms in total. The van der Waals surface area contributed by atoms with Crippen LogP contribution >= 0.6 is 11.6 Å². The summed E-state index contributed by atoms with van der Waals surface area (Å²) in [7, 11) is -3.62. The third-order valence-corrected chi connectivity index (χ3v) is 6.69. The Morgan fingerprint density at radius 3 is 2.76 bits per heavy atom. The number of rotatable bonds is 6. The standard InChI is InChI=1S/C20H18ClF2N7O3S/c1-8(29-34(2,32)33)15-18(23)17(21)16(10-4-25-28-19(10)15)12-6-30-7-13(26-14(30)5-24-12)27-20(31)9-3-11(9)22/h4-9,11,29H,3H2,1-2H3,(H,25,28)(H,27,31). The second-order valence-corrected chi connectivity index (χ2v) is 10.4. The van der Waals surface area contributed by atoms with Gasteiger partial charge in [-0.05, 0) is 13.3 Å². The van der Waals surface area contributed by atoms with Gasteiger partial charge in [0, 0.05) is 28.8 Å². The Morgan fingerprint density at radius 2 is 2.09 bits per heavy atom. The second kappa shape index (κ2) is 7.96. The average molecular weight is 510 g/mol. The maximum absolute atomic E-state index is 15.4. The Bertz CT molecular complexity index is 1570. The third-order valence-electron chi connectivity index (χ3n) is 5.55. The van der Waals surface area contributed by atoms with Crippen molar-refractivity contribution in [2.24, 2.45) is 5.92 Å². The molecule has 3 unspecified atom stereocenters. The van der Waals surface area contributed by atoms with Gasteiger partial charge in [0.05, 0.1) is 47.0 Å². The van der Waals surface area contributed by atoms with Gasteiger partial charge in [-0.1, -0.05) is 11.6 Å². The summed E-state index contributed by atoms with van der Waals surface area (Å²) in [5.74, 6) is -1.69. The number of amides is 1. The van der Waals surface area contributed by atoms with E-state index in [0.717, 1.165) is 6.26 Å². The van der Waals surface area contributed by atoms with Gasteiger partial charge < -0.3 is 9.72 Å². The minimum absolute atomic E-state index is 0.0200. The number of nitrogens with one attached hydrogen (secondary N) is 3. The van der Waals surface area contributed by atoms with Crippen molar-refractivity contribution in [2.45, 2.75) is 25.6 Å². The zero-order valence-electron chi connectivity index (χ0n) is 17.8. The summed E-state index contributed by atoms with van der Waals surface area (Å²) in [4.78, 5) is 20.6. The van der Waals surface area contributed by atoms with Gasteiger partial charge in [-0.3, -0.25) is 14.9 Å². The van der Waals surface area contributed by atoms with Crippen molar-refractivity contribution < 1.29 is 22.0 Å². The molecule has 3 heterocycles. The lowest BCUT2D eigenvalue weighted by molar-refractivity contribution is -0.117. The number of carbonyl (C=O) groups is 1. The van der Waals surface area contributed by atoms with E-state index in [1.54, 1.807) is 10.6 Å². The molecule has 1 aliphatic carbocycles. The molecule has 4 aromatic rings. The van der Waals surface area contributed by atoms with Crippen molar-refractivity contribution in [1.29, 1.82) is 0 Å². The minimum atomic E-state index is -3.62. The second-order valence-electron chi connectivity index (χ2n) is 8.20. The first-order chi connectivity index (χ1) is 16.0. The van der Waals surface area contributed by atoms with Crippen LogP contribution in [0.1, 0.15) is 24.9 Å². The van der Waals surface area contributed by atoms with Crippen LogP contribution in [0.3, 0.4) is 0 Å². The number of H-pyrrole nitrogens is 1. The first kappa shape index (κ1) is 22.6. The number of hydrogen-bond acceptors (Lipinski definition) is 6. The van der Waals surface area contributed by atoms with E-state index < -0.39 is 39.9 Å². The first-order valence-electron chi connectivity index (χ1n) is 10.1.